The largest absolute Gasteiger partial charge is 0.478 e. The summed E-state index contributed by atoms with van der Waals surface area (Å²) >= 11 is 5.94. The van der Waals surface area contributed by atoms with E-state index in [4.69, 9.17) is 16.3 Å². The lowest BCUT2D eigenvalue weighted by Crippen LogP contribution is -2.44. The van der Waals surface area contributed by atoms with Gasteiger partial charge >= 0.3 is 6.18 Å². The van der Waals surface area contributed by atoms with Gasteiger partial charge in [-0.1, -0.05) is 11.6 Å². The number of halogens is 4. The maximum absolute atomic E-state index is 13.4. The van der Waals surface area contributed by atoms with Gasteiger partial charge < -0.3 is 19.9 Å². The molecule has 13 heteroatoms. The summed E-state index contributed by atoms with van der Waals surface area (Å²) in [6.45, 7) is 2.64. The number of nitrogens with zero attached hydrogens (tertiary/aromatic N) is 4. The zero-order chi connectivity index (χ0) is 24.9. The molecule has 184 valence electrons. The lowest BCUT2D eigenvalue weighted by Gasteiger charge is -2.33. The molecule has 0 unspecified atom stereocenters. The highest BCUT2D eigenvalue weighted by Crippen LogP contribution is 2.33. The molecule has 2 heterocycles. The summed E-state index contributed by atoms with van der Waals surface area (Å²) in [4.78, 5) is 30.6. The Kier molecular flexibility index (Phi) is 8.15. The number of pyridine rings is 1. The summed E-state index contributed by atoms with van der Waals surface area (Å²) in [6, 6.07) is 5.38. The summed E-state index contributed by atoms with van der Waals surface area (Å²) in [5.74, 6) is -0.563. The molecular weight excluding hydrogens is 479 g/mol. The Bertz CT molecular complexity index is 1050. The van der Waals surface area contributed by atoms with Gasteiger partial charge in [-0.25, -0.2) is 0 Å². The van der Waals surface area contributed by atoms with Crippen LogP contribution in [-0.2, 0) is 6.18 Å². The molecule has 1 amide bonds. The molecule has 0 spiro atoms. The van der Waals surface area contributed by atoms with Crippen LogP contribution >= 0.6 is 11.6 Å². The second-order valence-electron chi connectivity index (χ2n) is 7.72. The first kappa shape index (κ1) is 25.5. The van der Waals surface area contributed by atoms with E-state index in [9.17, 15) is 28.1 Å². The molecule has 1 N–H and O–H groups in total. The fraction of sp³-hybridized carbons (Fsp3) is 0.429. The van der Waals surface area contributed by atoms with E-state index in [1.54, 1.807) is 4.90 Å². The van der Waals surface area contributed by atoms with Gasteiger partial charge in [0, 0.05) is 50.9 Å². The number of hydrogen-bond acceptors (Lipinski definition) is 7. The Hall–Kier alpha value is -3.12. The van der Waals surface area contributed by atoms with Gasteiger partial charge in [0.25, 0.3) is 11.6 Å². The van der Waals surface area contributed by atoms with E-state index in [1.807, 2.05) is 7.05 Å². The monoisotopic (exact) mass is 501 g/mol. The van der Waals surface area contributed by atoms with Crippen LogP contribution in [0, 0.1) is 10.1 Å². The predicted octanol–water partition coefficient (Wildman–Crippen LogP) is 3.61. The zero-order valence-electron chi connectivity index (χ0n) is 18.3. The highest BCUT2D eigenvalue weighted by molar-refractivity contribution is 6.33. The third-order valence-corrected chi connectivity index (χ3v) is 5.53. The molecule has 1 aromatic heterocycles. The Balaban J connectivity index is 1.58. The molecule has 1 saturated heterocycles. The van der Waals surface area contributed by atoms with Crippen molar-refractivity contribution in [1.82, 2.24) is 15.2 Å². The number of nitro groups is 1. The number of alkyl halides is 3. The lowest BCUT2D eigenvalue weighted by atomic mass is 10.2. The molecule has 0 bridgehead atoms. The van der Waals surface area contributed by atoms with Gasteiger partial charge in [0.05, 0.1) is 27.7 Å². The smallest absolute Gasteiger partial charge is 0.416 e. The van der Waals surface area contributed by atoms with Crippen molar-refractivity contribution in [1.29, 1.82) is 0 Å². The van der Waals surface area contributed by atoms with Crippen LogP contribution in [0.1, 0.15) is 22.3 Å². The Labute approximate surface area is 198 Å². The second-order valence-corrected chi connectivity index (χ2v) is 8.13. The minimum Gasteiger partial charge on any atom is -0.478 e. The van der Waals surface area contributed by atoms with Crippen LogP contribution in [-0.4, -0.2) is 67.1 Å². The van der Waals surface area contributed by atoms with Crippen molar-refractivity contribution in [3.8, 4) is 5.88 Å². The number of benzene rings is 1. The van der Waals surface area contributed by atoms with Crippen LogP contribution in [0.4, 0.5) is 24.7 Å². The van der Waals surface area contributed by atoms with E-state index in [2.05, 4.69) is 15.2 Å². The van der Waals surface area contributed by atoms with Crippen molar-refractivity contribution < 1.29 is 27.6 Å². The van der Waals surface area contributed by atoms with Crippen molar-refractivity contribution in [2.24, 2.45) is 0 Å². The molecule has 0 saturated carbocycles. The highest BCUT2D eigenvalue weighted by atomic mass is 35.5. The number of likely N-dealkylation sites (N-methyl/N-ethyl adjacent to an activating group) is 1. The molecular formula is C21H23ClF3N5O4. The molecule has 0 atom stereocenters. The third-order valence-electron chi connectivity index (χ3n) is 5.20. The number of anilines is 1. The lowest BCUT2D eigenvalue weighted by molar-refractivity contribution is -0.384. The number of carbonyl (C=O) groups is 1. The molecule has 1 aliphatic heterocycles. The first-order valence-electron chi connectivity index (χ1n) is 10.4. The van der Waals surface area contributed by atoms with E-state index in [0.29, 0.717) is 26.2 Å². The normalized spacial score (nSPS) is 14.7. The molecule has 1 aromatic carbocycles. The van der Waals surface area contributed by atoms with Crippen LogP contribution < -0.4 is 15.0 Å². The van der Waals surface area contributed by atoms with E-state index in [1.165, 1.54) is 12.1 Å². The number of carbonyl (C=O) groups excluding carboxylic acids is 1. The maximum atomic E-state index is 13.4. The minimum absolute atomic E-state index is 0.000558. The number of nitro benzene ring substituents is 1. The quantitative estimate of drug-likeness (QED) is 0.335. The number of amides is 1. The Morgan fingerprint density at radius 3 is 2.59 bits per heavy atom. The average molecular weight is 502 g/mol. The summed E-state index contributed by atoms with van der Waals surface area (Å²) in [6.07, 6.45) is -4.28. The molecule has 34 heavy (non-hydrogen) atoms. The number of non-ortho nitro benzene ring substituents is 1. The van der Waals surface area contributed by atoms with E-state index in [0.717, 1.165) is 18.2 Å². The molecule has 0 radical (unpaired) electrons. The topological polar surface area (TPSA) is 101 Å². The standard InChI is InChI=1S/C21H23ClF3N5O4/c1-28-6-8-29(9-7-28)18-11-14(21(23,24)25)12-19(27-18)34-10-2-5-26-20(31)16-13-15(30(32)33)3-4-17(16)22/h3-4,11-13H,2,5-10H2,1H3,(H,26,31). The molecule has 2 aromatic rings. The molecule has 1 aliphatic rings. The number of piperazine rings is 1. The van der Waals surface area contributed by atoms with Crippen LogP contribution in [0.5, 0.6) is 5.88 Å². The first-order valence-corrected chi connectivity index (χ1v) is 10.8. The van der Waals surface area contributed by atoms with Crippen molar-refractivity contribution in [3.05, 3.63) is 56.6 Å². The van der Waals surface area contributed by atoms with Crippen molar-refractivity contribution in [3.63, 3.8) is 0 Å². The Morgan fingerprint density at radius 1 is 1.24 bits per heavy atom. The third kappa shape index (κ3) is 6.70. The van der Waals surface area contributed by atoms with Crippen molar-refractivity contribution in [2.45, 2.75) is 12.6 Å². The number of rotatable bonds is 8. The van der Waals surface area contributed by atoms with Crippen LogP contribution in [0.15, 0.2) is 30.3 Å². The number of ether oxygens (including phenoxy) is 1. The van der Waals surface area contributed by atoms with E-state index >= 15 is 0 Å². The van der Waals surface area contributed by atoms with Crippen LogP contribution in [0.3, 0.4) is 0 Å². The number of nitrogens with one attached hydrogen (secondary N) is 1. The molecule has 1 fully saturated rings. The van der Waals surface area contributed by atoms with Crippen LogP contribution in [0.25, 0.3) is 0 Å². The molecule has 3 rings (SSSR count). The average Bonchev–Trinajstić information content (AvgIpc) is 2.78. The van der Waals surface area contributed by atoms with Crippen molar-refractivity contribution in [2.75, 3.05) is 51.3 Å². The summed E-state index contributed by atoms with van der Waals surface area (Å²) < 4.78 is 45.6. The van der Waals surface area contributed by atoms with Gasteiger partial charge in [0.15, 0.2) is 0 Å². The summed E-state index contributed by atoms with van der Waals surface area (Å²) in [5.41, 5.74) is -1.17. The van der Waals surface area contributed by atoms with Crippen LogP contribution in [0.2, 0.25) is 5.02 Å². The maximum Gasteiger partial charge on any atom is 0.416 e. The fourth-order valence-corrected chi connectivity index (χ4v) is 3.48. The molecule has 0 aliphatic carbocycles. The van der Waals surface area contributed by atoms with Gasteiger partial charge in [0.2, 0.25) is 5.88 Å². The van der Waals surface area contributed by atoms with Gasteiger partial charge in [-0.15, -0.1) is 0 Å². The van der Waals surface area contributed by atoms with Gasteiger partial charge in [-0.3, -0.25) is 14.9 Å². The fourth-order valence-electron chi connectivity index (χ4n) is 3.27. The van der Waals surface area contributed by atoms with E-state index < -0.39 is 22.6 Å². The Morgan fingerprint density at radius 2 is 1.94 bits per heavy atom. The first-order chi connectivity index (χ1) is 16.0. The zero-order valence-corrected chi connectivity index (χ0v) is 19.0. The predicted molar refractivity (Wildman–Crippen MR) is 120 cm³/mol. The summed E-state index contributed by atoms with van der Waals surface area (Å²) in [5, 5.41) is 13.5. The SMILES string of the molecule is CN1CCN(c2cc(C(F)(F)F)cc(OCCCNC(=O)c3cc([N+](=O)[O-])ccc3Cl)n2)CC1. The number of aromatic nitrogens is 1. The van der Waals surface area contributed by atoms with Gasteiger partial charge in [0.1, 0.15) is 5.82 Å². The summed E-state index contributed by atoms with van der Waals surface area (Å²) in [7, 11) is 1.94. The second kappa shape index (κ2) is 10.9. The minimum atomic E-state index is -4.55. The van der Waals surface area contributed by atoms with Crippen molar-refractivity contribution >= 4 is 29.0 Å². The van der Waals surface area contributed by atoms with Gasteiger partial charge in [-0.2, -0.15) is 18.2 Å². The highest BCUT2D eigenvalue weighted by Gasteiger charge is 2.33. The molecule has 9 nitrogen and oxygen atoms in total. The number of hydrogen-bond donors (Lipinski definition) is 1. The van der Waals surface area contributed by atoms with E-state index in [-0.39, 0.29) is 47.5 Å². The van der Waals surface area contributed by atoms with Gasteiger partial charge in [-0.05, 0) is 25.6 Å².